The van der Waals surface area contributed by atoms with E-state index in [9.17, 15) is 9.59 Å². The number of ether oxygens (including phenoxy) is 1. The van der Waals surface area contributed by atoms with Gasteiger partial charge in [0.2, 0.25) is 5.91 Å². The summed E-state index contributed by atoms with van der Waals surface area (Å²) in [5, 5.41) is 2.77. The van der Waals surface area contributed by atoms with E-state index < -0.39 is 0 Å². The van der Waals surface area contributed by atoms with E-state index in [1.807, 2.05) is 0 Å². The standard InChI is InChI=1S/C16H20N2O3/c1-18(6-7-21-10-11-2-3-11)16(20)12-4-5-14-13(8-12)9-15(19)17-14/h4-5,8,11H,2-3,6-7,9-10H2,1H3,(H,17,19). The largest absolute Gasteiger partial charge is 0.379 e. The summed E-state index contributed by atoms with van der Waals surface area (Å²) in [5.74, 6) is 0.691. The van der Waals surface area contributed by atoms with Crippen molar-refractivity contribution in [1.82, 2.24) is 4.90 Å². The number of hydrogen-bond donors (Lipinski definition) is 1. The number of carbonyl (C=O) groups excluding carboxylic acids is 2. The zero-order valence-electron chi connectivity index (χ0n) is 12.2. The van der Waals surface area contributed by atoms with Crippen molar-refractivity contribution in [2.24, 2.45) is 5.92 Å². The molecule has 1 aliphatic heterocycles. The highest BCUT2D eigenvalue weighted by atomic mass is 16.5. The molecule has 3 rings (SSSR count). The minimum absolute atomic E-state index is 0.0172. The zero-order chi connectivity index (χ0) is 14.8. The van der Waals surface area contributed by atoms with Crippen LogP contribution in [0.15, 0.2) is 18.2 Å². The molecule has 0 unspecified atom stereocenters. The third-order valence-corrected chi connectivity index (χ3v) is 3.95. The highest BCUT2D eigenvalue weighted by molar-refractivity contribution is 6.01. The van der Waals surface area contributed by atoms with E-state index in [1.165, 1.54) is 12.8 Å². The Morgan fingerprint density at radius 2 is 2.24 bits per heavy atom. The number of amides is 2. The second kappa shape index (κ2) is 5.85. The second-order valence-corrected chi connectivity index (χ2v) is 5.84. The molecule has 112 valence electrons. The van der Waals surface area contributed by atoms with Crippen molar-refractivity contribution in [3.8, 4) is 0 Å². The van der Waals surface area contributed by atoms with Gasteiger partial charge in [-0.1, -0.05) is 0 Å². The molecule has 2 aliphatic rings. The van der Waals surface area contributed by atoms with Crippen LogP contribution in [0.1, 0.15) is 28.8 Å². The van der Waals surface area contributed by atoms with E-state index in [2.05, 4.69) is 5.32 Å². The van der Waals surface area contributed by atoms with Crippen LogP contribution in [-0.2, 0) is 16.0 Å². The number of rotatable bonds is 6. The molecule has 5 heteroatoms. The van der Waals surface area contributed by atoms with Crippen molar-refractivity contribution in [3.05, 3.63) is 29.3 Å². The molecular formula is C16H20N2O3. The van der Waals surface area contributed by atoms with E-state index >= 15 is 0 Å². The summed E-state index contributed by atoms with van der Waals surface area (Å²) in [5.41, 5.74) is 2.33. The maximum Gasteiger partial charge on any atom is 0.253 e. The lowest BCUT2D eigenvalue weighted by atomic mass is 10.1. The van der Waals surface area contributed by atoms with Gasteiger partial charge in [-0.2, -0.15) is 0 Å². The summed E-state index contributed by atoms with van der Waals surface area (Å²) in [6.45, 7) is 1.97. The Labute approximate surface area is 124 Å². The Morgan fingerprint density at radius 1 is 1.43 bits per heavy atom. The molecule has 0 atom stereocenters. The molecule has 1 aliphatic carbocycles. The number of likely N-dealkylation sites (N-methyl/N-ethyl adjacent to an activating group) is 1. The van der Waals surface area contributed by atoms with Crippen LogP contribution in [-0.4, -0.2) is 43.5 Å². The van der Waals surface area contributed by atoms with Crippen molar-refractivity contribution in [3.63, 3.8) is 0 Å². The molecule has 2 amide bonds. The first-order valence-corrected chi connectivity index (χ1v) is 7.39. The van der Waals surface area contributed by atoms with Gasteiger partial charge in [-0.05, 0) is 42.5 Å². The molecule has 1 aromatic rings. The smallest absolute Gasteiger partial charge is 0.253 e. The lowest BCUT2D eigenvalue weighted by Gasteiger charge is -2.17. The minimum Gasteiger partial charge on any atom is -0.379 e. The molecule has 0 aromatic heterocycles. The third kappa shape index (κ3) is 3.42. The lowest BCUT2D eigenvalue weighted by Crippen LogP contribution is -2.30. The number of benzene rings is 1. The van der Waals surface area contributed by atoms with E-state index in [1.54, 1.807) is 30.1 Å². The molecule has 0 saturated heterocycles. The average Bonchev–Trinajstić information content (AvgIpc) is 3.21. The predicted molar refractivity (Wildman–Crippen MR) is 79.3 cm³/mol. The molecule has 1 saturated carbocycles. The fourth-order valence-corrected chi connectivity index (χ4v) is 2.42. The number of fused-ring (bicyclic) bond motifs is 1. The number of nitrogens with zero attached hydrogens (tertiary/aromatic N) is 1. The van der Waals surface area contributed by atoms with Crippen LogP contribution in [0.2, 0.25) is 0 Å². The van der Waals surface area contributed by atoms with Crippen LogP contribution in [0.3, 0.4) is 0 Å². The van der Waals surface area contributed by atoms with E-state index in [0.29, 0.717) is 25.1 Å². The fourth-order valence-electron chi connectivity index (χ4n) is 2.42. The number of nitrogens with one attached hydrogen (secondary N) is 1. The fraction of sp³-hybridized carbons (Fsp3) is 0.500. The maximum absolute atomic E-state index is 12.3. The molecule has 1 aromatic carbocycles. The molecule has 21 heavy (non-hydrogen) atoms. The summed E-state index contributed by atoms with van der Waals surface area (Å²) in [4.78, 5) is 25.3. The Balaban J connectivity index is 1.54. The summed E-state index contributed by atoms with van der Waals surface area (Å²) < 4.78 is 5.55. The normalized spacial score (nSPS) is 16.5. The van der Waals surface area contributed by atoms with Crippen molar-refractivity contribution in [2.75, 3.05) is 32.1 Å². The molecule has 1 heterocycles. The van der Waals surface area contributed by atoms with Crippen molar-refractivity contribution >= 4 is 17.5 Å². The van der Waals surface area contributed by atoms with Crippen molar-refractivity contribution < 1.29 is 14.3 Å². The van der Waals surface area contributed by atoms with Crippen molar-refractivity contribution in [1.29, 1.82) is 0 Å². The first kappa shape index (κ1) is 14.1. The summed E-state index contributed by atoms with van der Waals surface area (Å²) in [7, 11) is 1.78. The quantitative estimate of drug-likeness (QED) is 0.810. The van der Waals surface area contributed by atoms with Gasteiger partial charge in [0, 0.05) is 31.5 Å². The topological polar surface area (TPSA) is 58.6 Å². The Hall–Kier alpha value is -1.88. The van der Waals surface area contributed by atoms with Crippen LogP contribution < -0.4 is 5.32 Å². The summed E-state index contributed by atoms with van der Waals surface area (Å²) >= 11 is 0. The second-order valence-electron chi connectivity index (χ2n) is 5.84. The SMILES string of the molecule is CN(CCOCC1CC1)C(=O)c1ccc2c(c1)CC(=O)N2. The van der Waals surface area contributed by atoms with E-state index in [-0.39, 0.29) is 11.8 Å². The zero-order valence-corrected chi connectivity index (χ0v) is 12.2. The summed E-state index contributed by atoms with van der Waals surface area (Å²) in [6.07, 6.45) is 2.90. The Bertz CT molecular complexity index is 567. The van der Waals surface area contributed by atoms with Crippen LogP contribution in [0.25, 0.3) is 0 Å². The first-order chi connectivity index (χ1) is 10.1. The van der Waals surface area contributed by atoms with E-state index in [0.717, 1.165) is 23.8 Å². The van der Waals surface area contributed by atoms with Crippen LogP contribution >= 0.6 is 0 Å². The average molecular weight is 288 g/mol. The van der Waals surface area contributed by atoms with Gasteiger partial charge < -0.3 is 15.0 Å². The molecule has 0 spiro atoms. The van der Waals surface area contributed by atoms with E-state index in [4.69, 9.17) is 4.74 Å². The van der Waals surface area contributed by atoms with Gasteiger partial charge in [0.25, 0.3) is 5.91 Å². The minimum atomic E-state index is -0.0350. The molecule has 1 fully saturated rings. The monoisotopic (exact) mass is 288 g/mol. The Kier molecular flexibility index (Phi) is 3.92. The van der Waals surface area contributed by atoms with Gasteiger partial charge in [0.05, 0.1) is 13.0 Å². The van der Waals surface area contributed by atoms with Crippen LogP contribution in [0.4, 0.5) is 5.69 Å². The number of carbonyl (C=O) groups is 2. The highest BCUT2D eigenvalue weighted by Gasteiger charge is 2.22. The maximum atomic E-state index is 12.3. The molecule has 0 radical (unpaired) electrons. The van der Waals surface area contributed by atoms with Crippen LogP contribution in [0, 0.1) is 5.92 Å². The van der Waals surface area contributed by atoms with Gasteiger partial charge >= 0.3 is 0 Å². The van der Waals surface area contributed by atoms with Gasteiger partial charge in [-0.15, -0.1) is 0 Å². The van der Waals surface area contributed by atoms with Crippen molar-refractivity contribution in [2.45, 2.75) is 19.3 Å². The number of anilines is 1. The Morgan fingerprint density at radius 3 is 3.00 bits per heavy atom. The highest BCUT2D eigenvalue weighted by Crippen LogP contribution is 2.28. The van der Waals surface area contributed by atoms with Crippen LogP contribution in [0.5, 0.6) is 0 Å². The van der Waals surface area contributed by atoms with Gasteiger partial charge in [0.15, 0.2) is 0 Å². The molecule has 5 nitrogen and oxygen atoms in total. The first-order valence-electron chi connectivity index (χ1n) is 7.39. The lowest BCUT2D eigenvalue weighted by molar-refractivity contribution is -0.115. The third-order valence-electron chi connectivity index (χ3n) is 3.95. The molecule has 1 N–H and O–H groups in total. The van der Waals surface area contributed by atoms with Gasteiger partial charge in [-0.3, -0.25) is 9.59 Å². The molecule has 0 bridgehead atoms. The van der Waals surface area contributed by atoms with Gasteiger partial charge in [-0.25, -0.2) is 0 Å². The summed E-state index contributed by atoms with van der Waals surface area (Å²) in [6, 6.07) is 5.36. The predicted octanol–water partition coefficient (Wildman–Crippen LogP) is 1.68. The number of hydrogen-bond acceptors (Lipinski definition) is 3. The van der Waals surface area contributed by atoms with Gasteiger partial charge in [0.1, 0.15) is 0 Å². The molecular weight excluding hydrogens is 268 g/mol.